The van der Waals surface area contributed by atoms with Crippen molar-refractivity contribution in [2.45, 2.75) is 32.2 Å². The number of imidazole rings is 1. The fraction of sp³-hybridized carbons (Fsp3) is 0.476. The van der Waals surface area contributed by atoms with Crippen LogP contribution in [0.5, 0.6) is 0 Å². The van der Waals surface area contributed by atoms with Gasteiger partial charge < -0.3 is 15.4 Å². The fourth-order valence-corrected chi connectivity index (χ4v) is 4.12. The largest absolute Gasteiger partial charge is 0.384 e. The minimum Gasteiger partial charge on any atom is -0.384 e. The summed E-state index contributed by atoms with van der Waals surface area (Å²) in [5.74, 6) is -0.0281. The molecule has 2 aromatic rings. The average molecular weight is 417 g/mol. The zero-order valence-corrected chi connectivity index (χ0v) is 16.8. The number of halogens is 2. The van der Waals surface area contributed by atoms with E-state index in [0.717, 1.165) is 12.8 Å². The molecule has 1 unspecified atom stereocenters. The van der Waals surface area contributed by atoms with Gasteiger partial charge in [-0.15, -0.1) is 0 Å². The lowest BCUT2D eigenvalue weighted by Gasteiger charge is -2.19. The molecule has 0 spiro atoms. The van der Waals surface area contributed by atoms with Crippen molar-refractivity contribution in [3.05, 3.63) is 36.2 Å². The molecule has 9 heteroatoms. The van der Waals surface area contributed by atoms with Gasteiger partial charge in [-0.2, -0.15) is 0 Å². The molecule has 0 radical (unpaired) electrons. The van der Waals surface area contributed by atoms with Crippen LogP contribution in [0.15, 0.2) is 35.3 Å². The Labute approximate surface area is 173 Å². The first-order valence-corrected chi connectivity index (χ1v) is 10.1. The van der Waals surface area contributed by atoms with Gasteiger partial charge in [-0.3, -0.25) is 14.4 Å². The molecule has 30 heavy (non-hydrogen) atoms. The first-order valence-electron chi connectivity index (χ1n) is 10.1. The van der Waals surface area contributed by atoms with Gasteiger partial charge in [-0.25, -0.2) is 13.8 Å². The van der Waals surface area contributed by atoms with Crippen molar-refractivity contribution in [1.82, 2.24) is 14.5 Å². The number of ether oxygens (including phenoxy) is 1. The van der Waals surface area contributed by atoms with E-state index in [-0.39, 0.29) is 29.5 Å². The van der Waals surface area contributed by atoms with Crippen molar-refractivity contribution >= 4 is 28.5 Å². The number of likely N-dealkylation sites (tertiary alicyclic amines) is 1. The van der Waals surface area contributed by atoms with Crippen molar-refractivity contribution in [3.63, 3.8) is 0 Å². The van der Waals surface area contributed by atoms with E-state index in [1.165, 1.54) is 4.57 Å². The number of allylic oxidation sites excluding steroid dienone is 1. The third kappa shape index (κ3) is 4.07. The number of rotatable bonds is 5. The Morgan fingerprint density at radius 2 is 2.17 bits per heavy atom. The van der Waals surface area contributed by atoms with E-state index in [0.29, 0.717) is 43.0 Å². The molecule has 1 amide bonds. The van der Waals surface area contributed by atoms with Gasteiger partial charge in [0, 0.05) is 25.4 Å². The standard InChI is InChI=1S/C21H25F2N5O2/c1-13(28-17-5-3-2-4-16(17)26-20(28)19(22)23)10-18(24)25-15-6-8-27(11-15)21(29)14-7-9-30-12-14/h2-5,10,14-15,19H,6-9,11-12H2,1H3,(H2,24,25)/b13-10+/t14?,15-/m0/s1. The number of fused-ring (bicyclic) bond motifs is 1. The Hall–Kier alpha value is -2.81. The van der Waals surface area contributed by atoms with Gasteiger partial charge in [0.25, 0.3) is 6.43 Å². The molecule has 2 aliphatic heterocycles. The predicted molar refractivity (Wildman–Crippen MR) is 110 cm³/mol. The highest BCUT2D eigenvalue weighted by Crippen LogP contribution is 2.27. The van der Waals surface area contributed by atoms with E-state index in [9.17, 15) is 13.6 Å². The maximum Gasteiger partial charge on any atom is 0.295 e. The van der Waals surface area contributed by atoms with Crippen molar-refractivity contribution in [3.8, 4) is 0 Å². The number of amides is 1. The number of aromatic nitrogens is 2. The molecule has 1 aromatic heterocycles. The van der Waals surface area contributed by atoms with Gasteiger partial charge in [0.2, 0.25) is 5.91 Å². The lowest BCUT2D eigenvalue weighted by molar-refractivity contribution is -0.134. The molecule has 0 saturated carbocycles. The lowest BCUT2D eigenvalue weighted by atomic mass is 10.1. The number of carbonyl (C=O) groups is 1. The summed E-state index contributed by atoms with van der Waals surface area (Å²) < 4.78 is 33.8. The summed E-state index contributed by atoms with van der Waals surface area (Å²) in [4.78, 5) is 22.9. The van der Waals surface area contributed by atoms with Gasteiger partial charge in [-0.05, 0) is 38.0 Å². The number of nitrogens with zero attached hydrogens (tertiary/aromatic N) is 4. The number of benzene rings is 1. The van der Waals surface area contributed by atoms with E-state index in [2.05, 4.69) is 9.98 Å². The van der Waals surface area contributed by atoms with Crippen LogP contribution in [0.25, 0.3) is 16.7 Å². The molecule has 2 atom stereocenters. The molecule has 2 saturated heterocycles. The van der Waals surface area contributed by atoms with Crippen LogP contribution in [0.1, 0.15) is 32.0 Å². The number of hydrogen-bond acceptors (Lipinski definition) is 4. The number of aliphatic imine (C=N–C) groups is 1. The second-order valence-electron chi connectivity index (χ2n) is 7.72. The Morgan fingerprint density at radius 3 is 2.90 bits per heavy atom. The van der Waals surface area contributed by atoms with Gasteiger partial charge in [0.15, 0.2) is 5.82 Å². The molecule has 2 fully saturated rings. The summed E-state index contributed by atoms with van der Waals surface area (Å²) in [6.07, 6.45) is 0.352. The molecular formula is C21H25F2N5O2. The van der Waals surface area contributed by atoms with Crippen LogP contribution >= 0.6 is 0 Å². The molecule has 2 aliphatic rings. The number of alkyl halides is 2. The summed E-state index contributed by atoms with van der Waals surface area (Å²) in [7, 11) is 0. The molecular weight excluding hydrogens is 392 g/mol. The Kier molecular flexibility index (Phi) is 5.80. The zero-order chi connectivity index (χ0) is 21.3. The zero-order valence-electron chi connectivity index (χ0n) is 16.8. The first kappa shape index (κ1) is 20.5. The van der Waals surface area contributed by atoms with Gasteiger partial charge in [-0.1, -0.05) is 12.1 Å². The number of amidine groups is 1. The minimum absolute atomic E-state index is 0.0606. The van der Waals surface area contributed by atoms with Crippen molar-refractivity contribution in [2.75, 3.05) is 26.3 Å². The first-order chi connectivity index (χ1) is 14.4. The molecule has 0 aliphatic carbocycles. The molecule has 4 rings (SSSR count). The maximum absolute atomic E-state index is 13.5. The highest BCUT2D eigenvalue weighted by molar-refractivity contribution is 5.97. The van der Waals surface area contributed by atoms with Gasteiger partial charge >= 0.3 is 0 Å². The van der Waals surface area contributed by atoms with E-state index >= 15 is 0 Å². The highest BCUT2D eigenvalue weighted by atomic mass is 19.3. The highest BCUT2D eigenvalue weighted by Gasteiger charge is 2.32. The number of para-hydroxylation sites is 2. The molecule has 1 aromatic carbocycles. The molecule has 7 nitrogen and oxygen atoms in total. The Balaban J connectivity index is 1.51. The fourth-order valence-electron chi connectivity index (χ4n) is 4.12. The summed E-state index contributed by atoms with van der Waals surface area (Å²) in [5.41, 5.74) is 7.70. The normalized spacial score (nSPS) is 23.1. The molecule has 3 heterocycles. The van der Waals surface area contributed by atoms with Crippen molar-refractivity contribution < 1.29 is 18.3 Å². The van der Waals surface area contributed by atoms with Crippen molar-refractivity contribution in [2.24, 2.45) is 16.6 Å². The Bertz CT molecular complexity index is 994. The molecule has 160 valence electrons. The van der Waals surface area contributed by atoms with Crippen LogP contribution in [0.4, 0.5) is 8.78 Å². The van der Waals surface area contributed by atoms with E-state index in [1.807, 2.05) is 4.90 Å². The summed E-state index contributed by atoms with van der Waals surface area (Å²) >= 11 is 0. The van der Waals surface area contributed by atoms with Crippen LogP contribution in [0.2, 0.25) is 0 Å². The SMILES string of the molecule is C/C(=C\C(N)=N[C@H]1CCN(C(=O)C2CCOC2)C1)n1c(C(F)F)nc2ccccc21. The van der Waals surface area contributed by atoms with Crippen LogP contribution in [-0.2, 0) is 9.53 Å². The molecule has 0 bridgehead atoms. The van der Waals surface area contributed by atoms with Crippen LogP contribution in [0, 0.1) is 5.92 Å². The third-order valence-electron chi connectivity index (χ3n) is 5.58. The number of hydrogen-bond donors (Lipinski definition) is 1. The smallest absolute Gasteiger partial charge is 0.295 e. The topological polar surface area (TPSA) is 85.7 Å². The van der Waals surface area contributed by atoms with Gasteiger partial charge in [0.05, 0.1) is 29.6 Å². The second-order valence-corrected chi connectivity index (χ2v) is 7.72. The van der Waals surface area contributed by atoms with Crippen LogP contribution in [0.3, 0.4) is 0 Å². The average Bonchev–Trinajstić information content (AvgIpc) is 3.46. The maximum atomic E-state index is 13.5. The van der Waals surface area contributed by atoms with Crippen LogP contribution in [-0.4, -0.2) is 58.5 Å². The van der Waals surface area contributed by atoms with E-state index in [4.69, 9.17) is 10.5 Å². The quantitative estimate of drug-likeness (QED) is 0.599. The Morgan fingerprint density at radius 1 is 1.37 bits per heavy atom. The summed E-state index contributed by atoms with van der Waals surface area (Å²) in [6.45, 7) is 3.97. The summed E-state index contributed by atoms with van der Waals surface area (Å²) in [6, 6.07) is 6.87. The minimum atomic E-state index is -2.71. The monoisotopic (exact) mass is 417 g/mol. The number of nitrogens with two attached hydrogens (primary N) is 1. The van der Waals surface area contributed by atoms with E-state index in [1.54, 1.807) is 37.3 Å². The number of carbonyl (C=O) groups excluding carboxylic acids is 1. The third-order valence-corrected chi connectivity index (χ3v) is 5.58. The van der Waals surface area contributed by atoms with Gasteiger partial charge in [0.1, 0.15) is 5.84 Å². The molecule has 2 N–H and O–H groups in total. The summed E-state index contributed by atoms with van der Waals surface area (Å²) in [5, 5.41) is 0. The van der Waals surface area contributed by atoms with Crippen molar-refractivity contribution in [1.29, 1.82) is 0 Å². The predicted octanol–water partition coefficient (Wildman–Crippen LogP) is 2.83. The lowest BCUT2D eigenvalue weighted by Crippen LogP contribution is -2.35. The van der Waals surface area contributed by atoms with E-state index < -0.39 is 6.43 Å². The second kappa shape index (κ2) is 8.51. The van der Waals surface area contributed by atoms with Crippen LogP contribution < -0.4 is 5.73 Å².